The second-order valence-corrected chi connectivity index (χ2v) is 5.35. The van der Waals surface area contributed by atoms with Crippen molar-refractivity contribution in [1.82, 2.24) is 0 Å². The molecule has 0 bridgehead atoms. The predicted molar refractivity (Wildman–Crippen MR) is 75.1 cm³/mol. The Labute approximate surface area is 124 Å². The average Bonchev–Trinajstić information content (AvgIpc) is 2.34. The fraction of sp³-hybridized carbons (Fsp3) is 0.143. The van der Waals surface area contributed by atoms with Crippen molar-refractivity contribution in [3.63, 3.8) is 0 Å². The van der Waals surface area contributed by atoms with Gasteiger partial charge in [-0.2, -0.15) is 0 Å². The third-order valence-electron chi connectivity index (χ3n) is 2.76. The highest BCUT2D eigenvalue weighted by Gasteiger charge is 2.19. The monoisotopic (exact) mass is 320 g/mol. The van der Waals surface area contributed by atoms with Crippen LogP contribution in [0.3, 0.4) is 0 Å². The molecular weight excluding hydrogens is 313 g/mol. The Kier molecular flexibility index (Phi) is 4.67. The summed E-state index contributed by atoms with van der Waals surface area (Å²) in [5.41, 5.74) is 0.411. The highest BCUT2D eigenvalue weighted by molar-refractivity contribution is 6.37. The molecule has 0 amide bonds. The predicted octanol–water partition coefficient (Wildman–Crippen LogP) is 5.79. The molecule has 2 rings (SSSR count). The molecule has 100 valence electrons. The summed E-state index contributed by atoms with van der Waals surface area (Å²) in [5, 5.41) is 0.0566. The molecule has 0 N–H and O–H groups in total. The Morgan fingerprint density at radius 1 is 0.895 bits per heavy atom. The zero-order chi connectivity index (χ0) is 14.0. The van der Waals surface area contributed by atoms with Gasteiger partial charge in [0.2, 0.25) is 0 Å². The van der Waals surface area contributed by atoms with Gasteiger partial charge in [0, 0.05) is 21.2 Å². The Hall–Kier alpha value is -0.830. The summed E-state index contributed by atoms with van der Waals surface area (Å²) in [7, 11) is 0. The lowest BCUT2D eigenvalue weighted by Gasteiger charge is -2.14. The van der Waals surface area contributed by atoms with Crippen LogP contribution in [0.1, 0.15) is 16.5 Å². The van der Waals surface area contributed by atoms with Gasteiger partial charge < -0.3 is 0 Å². The van der Waals surface area contributed by atoms with Crippen molar-refractivity contribution in [3.05, 3.63) is 69.2 Å². The largest absolute Gasteiger partial charge is 0.207 e. The van der Waals surface area contributed by atoms with E-state index in [1.807, 2.05) is 0 Å². The summed E-state index contributed by atoms with van der Waals surface area (Å²) < 4.78 is 27.1. The third kappa shape index (κ3) is 3.19. The first kappa shape index (κ1) is 14.6. The first-order valence-corrected chi connectivity index (χ1v) is 6.71. The Morgan fingerprint density at radius 2 is 1.37 bits per heavy atom. The number of hydrogen-bond donors (Lipinski definition) is 0. The molecule has 0 radical (unpaired) electrons. The maximum Gasteiger partial charge on any atom is 0.129 e. The molecule has 0 aliphatic heterocycles. The van der Waals surface area contributed by atoms with Gasteiger partial charge in [0.1, 0.15) is 11.6 Å². The molecule has 0 nitrogen and oxygen atoms in total. The minimum atomic E-state index is -0.701. The summed E-state index contributed by atoms with van der Waals surface area (Å²) in [4.78, 5) is 0. The van der Waals surface area contributed by atoms with E-state index in [0.717, 1.165) is 0 Å². The molecule has 5 heteroatoms. The summed E-state index contributed by atoms with van der Waals surface area (Å²) in [6.45, 7) is 0. The van der Waals surface area contributed by atoms with Crippen LogP contribution in [-0.2, 0) is 6.42 Å². The van der Waals surface area contributed by atoms with Crippen LogP contribution in [0.2, 0.25) is 10.0 Å². The van der Waals surface area contributed by atoms with Gasteiger partial charge in [-0.3, -0.25) is 0 Å². The summed E-state index contributed by atoms with van der Waals surface area (Å²) in [6.07, 6.45) is -0.0243. The lowest BCUT2D eigenvalue weighted by molar-refractivity contribution is 0.553. The van der Waals surface area contributed by atoms with Gasteiger partial charge in [0.15, 0.2) is 0 Å². The smallest absolute Gasteiger partial charge is 0.129 e. The SMILES string of the molecule is Fc1cccc(F)c1CC(Cl)c1c(Cl)cccc1Cl. The zero-order valence-electron chi connectivity index (χ0n) is 9.64. The van der Waals surface area contributed by atoms with E-state index >= 15 is 0 Å². The molecular formula is C14H9Cl3F2. The second kappa shape index (κ2) is 6.08. The van der Waals surface area contributed by atoms with E-state index in [1.165, 1.54) is 18.2 Å². The van der Waals surface area contributed by atoms with Crippen LogP contribution in [0.15, 0.2) is 36.4 Å². The van der Waals surface area contributed by atoms with Gasteiger partial charge in [-0.05, 0) is 30.7 Å². The molecule has 2 aromatic rings. The quantitative estimate of drug-likeness (QED) is 0.627. The topological polar surface area (TPSA) is 0 Å². The van der Waals surface area contributed by atoms with Gasteiger partial charge in [-0.1, -0.05) is 35.3 Å². The molecule has 0 saturated carbocycles. The van der Waals surface area contributed by atoms with Crippen molar-refractivity contribution in [2.24, 2.45) is 0 Å². The van der Waals surface area contributed by atoms with Crippen LogP contribution < -0.4 is 0 Å². The van der Waals surface area contributed by atoms with Crippen LogP contribution in [-0.4, -0.2) is 0 Å². The van der Waals surface area contributed by atoms with Crippen LogP contribution in [0.25, 0.3) is 0 Å². The van der Waals surface area contributed by atoms with Crippen molar-refractivity contribution in [1.29, 1.82) is 0 Å². The molecule has 0 heterocycles. The van der Waals surface area contributed by atoms with Gasteiger partial charge in [0.05, 0.1) is 5.38 Å². The normalized spacial score (nSPS) is 12.5. The minimum Gasteiger partial charge on any atom is -0.207 e. The first-order chi connectivity index (χ1) is 9.00. The van der Waals surface area contributed by atoms with Crippen LogP contribution in [0, 0.1) is 11.6 Å². The van der Waals surface area contributed by atoms with E-state index < -0.39 is 17.0 Å². The highest BCUT2D eigenvalue weighted by Crippen LogP contribution is 2.36. The molecule has 0 fully saturated rings. The molecule has 2 aromatic carbocycles. The lowest BCUT2D eigenvalue weighted by atomic mass is 10.0. The maximum atomic E-state index is 13.6. The fourth-order valence-corrected chi connectivity index (χ4v) is 2.98. The van der Waals surface area contributed by atoms with Gasteiger partial charge in [0.25, 0.3) is 0 Å². The molecule has 19 heavy (non-hydrogen) atoms. The third-order valence-corrected chi connectivity index (χ3v) is 3.79. The van der Waals surface area contributed by atoms with Crippen LogP contribution in [0.4, 0.5) is 8.78 Å². The van der Waals surface area contributed by atoms with E-state index in [9.17, 15) is 8.78 Å². The lowest BCUT2D eigenvalue weighted by Crippen LogP contribution is -2.02. The number of rotatable bonds is 3. The Balaban J connectivity index is 2.34. The minimum absolute atomic E-state index is 0.0243. The average molecular weight is 322 g/mol. The van der Waals surface area contributed by atoms with Crippen molar-refractivity contribution in [3.8, 4) is 0 Å². The van der Waals surface area contributed by atoms with Crippen molar-refractivity contribution >= 4 is 34.8 Å². The summed E-state index contributed by atoms with van der Waals surface area (Å²) in [5.74, 6) is -1.26. The number of hydrogen-bond acceptors (Lipinski definition) is 0. The van der Waals surface area contributed by atoms with E-state index in [2.05, 4.69) is 0 Å². The standard InChI is InChI=1S/C14H9Cl3F2/c15-9-3-1-4-10(16)14(9)11(17)7-8-12(18)5-2-6-13(8)19/h1-6,11H,7H2. The molecule has 1 atom stereocenters. The Morgan fingerprint density at radius 3 is 1.89 bits per heavy atom. The molecule has 0 aliphatic rings. The second-order valence-electron chi connectivity index (χ2n) is 4.01. The number of benzene rings is 2. The Bertz CT molecular complexity index is 559. The van der Waals surface area contributed by atoms with E-state index in [4.69, 9.17) is 34.8 Å². The summed E-state index contributed by atoms with van der Waals surface area (Å²) in [6, 6.07) is 8.64. The number of halogens is 5. The molecule has 0 spiro atoms. The van der Waals surface area contributed by atoms with E-state index in [-0.39, 0.29) is 12.0 Å². The molecule has 1 unspecified atom stereocenters. The first-order valence-electron chi connectivity index (χ1n) is 5.51. The van der Waals surface area contributed by atoms with E-state index in [1.54, 1.807) is 18.2 Å². The van der Waals surface area contributed by atoms with Crippen LogP contribution in [0.5, 0.6) is 0 Å². The highest BCUT2D eigenvalue weighted by atomic mass is 35.5. The van der Waals surface area contributed by atoms with Crippen molar-refractivity contribution in [2.75, 3.05) is 0 Å². The van der Waals surface area contributed by atoms with Crippen molar-refractivity contribution < 1.29 is 8.78 Å². The van der Waals surface area contributed by atoms with Gasteiger partial charge >= 0.3 is 0 Å². The number of alkyl halides is 1. The maximum absolute atomic E-state index is 13.6. The summed E-state index contributed by atoms with van der Waals surface area (Å²) >= 11 is 18.2. The van der Waals surface area contributed by atoms with Crippen molar-refractivity contribution in [2.45, 2.75) is 11.8 Å². The molecule has 0 saturated heterocycles. The van der Waals surface area contributed by atoms with Crippen LogP contribution >= 0.6 is 34.8 Å². The zero-order valence-corrected chi connectivity index (χ0v) is 11.9. The fourth-order valence-electron chi connectivity index (χ4n) is 1.82. The van der Waals surface area contributed by atoms with Gasteiger partial charge in [-0.15, -0.1) is 11.6 Å². The van der Waals surface area contributed by atoms with Gasteiger partial charge in [-0.25, -0.2) is 8.78 Å². The van der Waals surface area contributed by atoms with E-state index in [0.29, 0.717) is 15.6 Å². The molecule has 0 aliphatic carbocycles. The molecule has 0 aromatic heterocycles.